The molecule has 0 atom stereocenters. The Bertz CT molecular complexity index is 2200. The van der Waals surface area contributed by atoms with Crippen molar-refractivity contribution in [3.8, 4) is 33.4 Å². The second kappa shape index (κ2) is 9.22. The third-order valence-corrected chi connectivity index (χ3v) is 8.20. The minimum Gasteiger partial charge on any atom is -0.0622 e. The van der Waals surface area contributed by atoms with Crippen LogP contribution < -0.4 is 0 Å². The standard InChI is InChI=1S/C40H26/c1-2-9-27(10-3-1)31-18-19-33-25-35-24-32(37-16-8-14-29-12-6-7-15-36(29)37)21-22-38(35)40(39(33)26-31)34-20-17-28-11-4-5-13-30(28)23-34/h1-26H. The molecule has 8 aromatic carbocycles. The van der Waals surface area contributed by atoms with Crippen LogP contribution in [0, 0.1) is 0 Å². The number of benzene rings is 8. The van der Waals surface area contributed by atoms with Gasteiger partial charge in [-0.2, -0.15) is 0 Å². The van der Waals surface area contributed by atoms with Gasteiger partial charge in [0.1, 0.15) is 0 Å². The normalized spacial score (nSPS) is 11.5. The summed E-state index contributed by atoms with van der Waals surface area (Å²) in [7, 11) is 0. The van der Waals surface area contributed by atoms with Crippen molar-refractivity contribution in [3.63, 3.8) is 0 Å². The van der Waals surface area contributed by atoms with Gasteiger partial charge in [-0.1, -0.05) is 133 Å². The van der Waals surface area contributed by atoms with E-state index in [-0.39, 0.29) is 0 Å². The number of rotatable bonds is 3. The summed E-state index contributed by atoms with van der Waals surface area (Å²) >= 11 is 0. The van der Waals surface area contributed by atoms with Gasteiger partial charge in [0.05, 0.1) is 0 Å². The Balaban J connectivity index is 1.42. The van der Waals surface area contributed by atoms with Crippen LogP contribution in [-0.2, 0) is 0 Å². The fourth-order valence-electron chi connectivity index (χ4n) is 6.23. The Kier molecular flexibility index (Phi) is 5.24. The van der Waals surface area contributed by atoms with Crippen molar-refractivity contribution in [1.82, 2.24) is 0 Å². The summed E-state index contributed by atoms with van der Waals surface area (Å²) in [5, 5.41) is 10.1. The van der Waals surface area contributed by atoms with Crippen LogP contribution in [0.5, 0.6) is 0 Å². The molecule has 0 saturated carbocycles. The molecule has 0 heteroatoms. The molecule has 0 nitrogen and oxygen atoms in total. The van der Waals surface area contributed by atoms with Crippen LogP contribution in [0.4, 0.5) is 0 Å². The van der Waals surface area contributed by atoms with Gasteiger partial charge < -0.3 is 0 Å². The van der Waals surface area contributed by atoms with Crippen molar-refractivity contribution in [2.75, 3.05) is 0 Å². The van der Waals surface area contributed by atoms with Gasteiger partial charge in [0.25, 0.3) is 0 Å². The van der Waals surface area contributed by atoms with E-state index in [0.29, 0.717) is 0 Å². The van der Waals surface area contributed by atoms with Crippen LogP contribution in [-0.4, -0.2) is 0 Å². The van der Waals surface area contributed by atoms with Gasteiger partial charge >= 0.3 is 0 Å². The predicted octanol–water partition coefficient (Wildman–Crippen LogP) is 11.3. The first-order valence-electron chi connectivity index (χ1n) is 13.9. The monoisotopic (exact) mass is 506 g/mol. The van der Waals surface area contributed by atoms with Gasteiger partial charge in [0.2, 0.25) is 0 Å². The lowest BCUT2D eigenvalue weighted by molar-refractivity contribution is 1.64. The van der Waals surface area contributed by atoms with E-state index in [0.717, 1.165) is 0 Å². The smallest absolute Gasteiger partial charge is 0.00264 e. The van der Waals surface area contributed by atoms with Gasteiger partial charge in [-0.3, -0.25) is 0 Å². The van der Waals surface area contributed by atoms with Crippen molar-refractivity contribution in [2.45, 2.75) is 0 Å². The molecule has 0 fully saturated rings. The van der Waals surface area contributed by atoms with Crippen molar-refractivity contribution in [3.05, 3.63) is 158 Å². The Hall–Kier alpha value is -5.20. The molecule has 0 aliphatic rings. The Labute approximate surface area is 233 Å². The zero-order chi connectivity index (χ0) is 26.5. The molecule has 0 saturated heterocycles. The topological polar surface area (TPSA) is 0 Å². The van der Waals surface area contributed by atoms with Crippen molar-refractivity contribution >= 4 is 43.1 Å². The minimum atomic E-state index is 1.24. The molecule has 0 radical (unpaired) electrons. The van der Waals surface area contributed by atoms with Crippen molar-refractivity contribution in [1.29, 1.82) is 0 Å². The summed E-state index contributed by atoms with van der Waals surface area (Å²) in [6.45, 7) is 0. The van der Waals surface area contributed by atoms with E-state index in [9.17, 15) is 0 Å². The SMILES string of the molecule is c1ccc(-c2ccc3cc4cc(-c5cccc6ccccc56)ccc4c(-c4ccc5ccccc5c4)c3c2)cc1. The average molecular weight is 507 g/mol. The summed E-state index contributed by atoms with van der Waals surface area (Å²) in [5.74, 6) is 0. The molecule has 40 heavy (non-hydrogen) atoms. The molecular formula is C40H26. The van der Waals surface area contributed by atoms with Crippen LogP contribution in [0.15, 0.2) is 158 Å². The van der Waals surface area contributed by atoms with E-state index in [1.54, 1.807) is 0 Å². The van der Waals surface area contributed by atoms with E-state index in [2.05, 4.69) is 158 Å². The first-order chi connectivity index (χ1) is 19.8. The molecule has 0 heterocycles. The van der Waals surface area contributed by atoms with E-state index in [1.165, 1.54) is 76.5 Å². The average Bonchev–Trinajstić information content (AvgIpc) is 3.03. The molecule has 0 bridgehead atoms. The lowest BCUT2D eigenvalue weighted by Gasteiger charge is -2.16. The predicted molar refractivity (Wildman–Crippen MR) is 173 cm³/mol. The highest BCUT2D eigenvalue weighted by molar-refractivity contribution is 6.15. The largest absolute Gasteiger partial charge is 0.0622 e. The molecule has 0 amide bonds. The minimum absolute atomic E-state index is 1.24. The molecule has 0 unspecified atom stereocenters. The highest BCUT2D eigenvalue weighted by atomic mass is 14.2. The maximum atomic E-state index is 2.37. The van der Waals surface area contributed by atoms with Crippen molar-refractivity contribution < 1.29 is 0 Å². The van der Waals surface area contributed by atoms with Crippen molar-refractivity contribution in [2.24, 2.45) is 0 Å². The summed E-state index contributed by atoms with van der Waals surface area (Å²) in [5.41, 5.74) is 7.53. The number of hydrogen-bond donors (Lipinski definition) is 0. The van der Waals surface area contributed by atoms with Gasteiger partial charge in [0, 0.05) is 0 Å². The van der Waals surface area contributed by atoms with Crippen LogP contribution in [0.1, 0.15) is 0 Å². The summed E-state index contributed by atoms with van der Waals surface area (Å²) < 4.78 is 0. The maximum Gasteiger partial charge on any atom is -0.00264 e. The summed E-state index contributed by atoms with van der Waals surface area (Å²) in [4.78, 5) is 0. The summed E-state index contributed by atoms with van der Waals surface area (Å²) in [6, 6.07) is 57.7. The number of fused-ring (bicyclic) bond motifs is 4. The second-order valence-electron chi connectivity index (χ2n) is 10.6. The molecule has 0 aliphatic heterocycles. The second-order valence-corrected chi connectivity index (χ2v) is 10.6. The van der Waals surface area contributed by atoms with E-state index < -0.39 is 0 Å². The molecule has 8 rings (SSSR count). The van der Waals surface area contributed by atoms with Gasteiger partial charge in [-0.15, -0.1) is 0 Å². The maximum absolute atomic E-state index is 2.37. The summed E-state index contributed by atoms with van der Waals surface area (Å²) in [6.07, 6.45) is 0. The van der Waals surface area contributed by atoms with Gasteiger partial charge in [-0.05, 0) is 101 Å². The van der Waals surface area contributed by atoms with E-state index in [1.807, 2.05) is 0 Å². The van der Waals surface area contributed by atoms with Gasteiger partial charge in [0.15, 0.2) is 0 Å². The first-order valence-corrected chi connectivity index (χ1v) is 13.9. The van der Waals surface area contributed by atoms with Crippen LogP contribution in [0.25, 0.3) is 76.5 Å². The fraction of sp³-hybridized carbons (Fsp3) is 0. The molecular weight excluding hydrogens is 480 g/mol. The van der Waals surface area contributed by atoms with Crippen LogP contribution >= 0.6 is 0 Å². The zero-order valence-corrected chi connectivity index (χ0v) is 22.0. The third kappa shape index (κ3) is 3.77. The molecule has 0 N–H and O–H groups in total. The highest BCUT2D eigenvalue weighted by Crippen LogP contribution is 2.41. The quantitative estimate of drug-likeness (QED) is 0.209. The molecule has 0 aromatic heterocycles. The molecule has 8 aromatic rings. The Morgan fingerprint density at radius 1 is 0.250 bits per heavy atom. The fourth-order valence-corrected chi connectivity index (χ4v) is 6.23. The van der Waals surface area contributed by atoms with Crippen LogP contribution in [0.3, 0.4) is 0 Å². The van der Waals surface area contributed by atoms with E-state index >= 15 is 0 Å². The number of hydrogen-bond acceptors (Lipinski definition) is 0. The first kappa shape index (κ1) is 22.8. The highest BCUT2D eigenvalue weighted by Gasteiger charge is 2.14. The molecule has 0 aliphatic carbocycles. The molecule has 186 valence electrons. The Morgan fingerprint density at radius 2 is 0.925 bits per heavy atom. The van der Waals surface area contributed by atoms with E-state index in [4.69, 9.17) is 0 Å². The zero-order valence-electron chi connectivity index (χ0n) is 22.0. The van der Waals surface area contributed by atoms with Gasteiger partial charge in [-0.25, -0.2) is 0 Å². The Morgan fingerprint density at radius 3 is 1.82 bits per heavy atom. The van der Waals surface area contributed by atoms with Crippen LogP contribution in [0.2, 0.25) is 0 Å². The third-order valence-electron chi connectivity index (χ3n) is 8.20. The lowest BCUT2D eigenvalue weighted by atomic mass is 9.88. The lowest BCUT2D eigenvalue weighted by Crippen LogP contribution is -1.89. The molecule has 0 spiro atoms.